The smallest absolute Gasteiger partial charge is 0.236 e. The summed E-state index contributed by atoms with van der Waals surface area (Å²) in [6, 6.07) is 5.89. The van der Waals surface area contributed by atoms with Gasteiger partial charge in [0.2, 0.25) is 11.9 Å². The quantitative estimate of drug-likeness (QED) is 0.810. The largest absolute Gasteiger partial charge is 0.342 e. The fourth-order valence-electron chi connectivity index (χ4n) is 3.47. The number of carbonyl (C=O) groups is 1. The minimum atomic E-state index is 0.232. The number of nitrogens with zero attached hydrogens (tertiary/aromatic N) is 5. The molecule has 3 heterocycles. The van der Waals surface area contributed by atoms with Crippen LogP contribution in [-0.2, 0) is 4.79 Å². The van der Waals surface area contributed by atoms with Gasteiger partial charge in [-0.05, 0) is 58.0 Å². The molecule has 1 aliphatic rings. The number of anilines is 2. The van der Waals surface area contributed by atoms with Crippen LogP contribution in [0.25, 0.3) is 0 Å². The lowest BCUT2D eigenvalue weighted by Crippen LogP contribution is -2.43. The zero-order chi connectivity index (χ0) is 19.1. The fraction of sp³-hybridized carbons (Fsp3) is 0.500. The van der Waals surface area contributed by atoms with E-state index >= 15 is 0 Å². The Bertz CT molecular complexity index is 709. The first-order valence-corrected chi connectivity index (χ1v) is 9.69. The van der Waals surface area contributed by atoms with Crippen molar-refractivity contribution in [2.45, 2.75) is 32.6 Å². The number of hydrogen-bond donors (Lipinski definition) is 1. The van der Waals surface area contributed by atoms with Crippen molar-refractivity contribution in [3.63, 3.8) is 0 Å². The minimum absolute atomic E-state index is 0.232. The van der Waals surface area contributed by atoms with E-state index in [4.69, 9.17) is 0 Å². The molecule has 27 heavy (non-hydrogen) atoms. The van der Waals surface area contributed by atoms with Gasteiger partial charge in [0, 0.05) is 37.1 Å². The Kier molecular flexibility index (Phi) is 6.70. The summed E-state index contributed by atoms with van der Waals surface area (Å²) in [5.41, 5.74) is 2.00. The Labute approximate surface area is 160 Å². The molecule has 7 nitrogen and oxygen atoms in total. The molecule has 2 aromatic rings. The third kappa shape index (κ3) is 5.23. The van der Waals surface area contributed by atoms with Gasteiger partial charge in [0.15, 0.2) is 0 Å². The zero-order valence-corrected chi connectivity index (χ0v) is 16.1. The van der Waals surface area contributed by atoms with Crippen LogP contribution in [0.4, 0.5) is 11.6 Å². The summed E-state index contributed by atoms with van der Waals surface area (Å²) in [6.45, 7) is 8.04. The van der Waals surface area contributed by atoms with Crippen LogP contribution < -0.4 is 5.32 Å². The maximum Gasteiger partial charge on any atom is 0.236 e. The van der Waals surface area contributed by atoms with Gasteiger partial charge < -0.3 is 10.2 Å². The first-order valence-electron chi connectivity index (χ1n) is 9.69. The van der Waals surface area contributed by atoms with Crippen molar-refractivity contribution in [3.05, 3.63) is 42.5 Å². The Balaban J connectivity index is 1.50. The van der Waals surface area contributed by atoms with Crippen LogP contribution in [-0.4, -0.2) is 63.4 Å². The lowest BCUT2D eigenvalue weighted by atomic mass is 9.93. The van der Waals surface area contributed by atoms with E-state index in [1.807, 2.05) is 31.0 Å². The molecule has 0 aromatic carbocycles. The van der Waals surface area contributed by atoms with Gasteiger partial charge in [-0.2, -0.15) is 0 Å². The molecule has 2 aromatic heterocycles. The van der Waals surface area contributed by atoms with Crippen molar-refractivity contribution in [2.75, 3.05) is 38.0 Å². The van der Waals surface area contributed by atoms with Crippen LogP contribution in [0.3, 0.4) is 0 Å². The predicted molar refractivity (Wildman–Crippen MR) is 106 cm³/mol. The maximum absolute atomic E-state index is 12.3. The van der Waals surface area contributed by atoms with Crippen molar-refractivity contribution >= 4 is 17.5 Å². The molecular weight excluding hydrogens is 340 g/mol. The molecule has 7 heteroatoms. The molecule has 1 fully saturated rings. The van der Waals surface area contributed by atoms with Gasteiger partial charge in [-0.1, -0.05) is 0 Å². The molecular formula is C20H28N6O. The number of piperidine rings is 1. The van der Waals surface area contributed by atoms with Crippen molar-refractivity contribution in [1.29, 1.82) is 0 Å². The van der Waals surface area contributed by atoms with Gasteiger partial charge in [0.1, 0.15) is 0 Å². The van der Waals surface area contributed by atoms with E-state index in [0.29, 0.717) is 18.4 Å². The van der Waals surface area contributed by atoms with E-state index < -0.39 is 0 Å². The Morgan fingerprint density at radius 2 is 1.85 bits per heavy atom. The standard InChI is InChI=1S/C20H28N6O/c1-3-26(4-2)19(27)15-25-12-8-16(9-13-25)18-7-6-17(14-23-18)24-20-21-10-5-11-22-20/h5-7,10-11,14,16H,3-4,8-9,12-13,15H2,1-2H3,(H,21,22,24). The third-order valence-electron chi connectivity index (χ3n) is 5.09. The number of likely N-dealkylation sites (tertiary alicyclic amines) is 1. The summed E-state index contributed by atoms with van der Waals surface area (Å²) in [6.07, 6.45) is 7.31. The van der Waals surface area contributed by atoms with Gasteiger partial charge in [0.25, 0.3) is 0 Å². The van der Waals surface area contributed by atoms with Crippen molar-refractivity contribution in [3.8, 4) is 0 Å². The van der Waals surface area contributed by atoms with E-state index in [9.17, 15) is 4.79 Å². The molecule has 0 aliphatic carbocycles. The number of likely N-dealkylation sites (N-methyl/N-ethyl adjacent to an activating group) is 1. The Hall–Kier alpha value is -2.54. The van der Waals surface area contributed by atoms with Gasteiger partial charge in [-0.3, -0.25) is 14.7 Å². The first-order chi connectivity index (χ1) is 13.2. The first kappa shape index (κ1) is 19.2. The summed E-state index contributed by atoms with van der Waals surface area (Å²) in [7, 11) is 0. The number of aromatic nitrogens is 3. The highest BCUT2D eigenvalue weighted by molar-refractivity contribution is 5.78. The lowest BCUT2D eigenvalue weighted by molar-refractivity contribution is -0.132. The molecule has 3 rings (SSSR count). The van der Waals surface area contributed by atoms with Crippen LogP contribution in [0, 0.1) is 0 Å². The van der Waals surface area contributed by atoms with Crippen molar-refractivity contribution < 1.29 is 4.79 Å². The maximum atomic E-state index is 12.3. The van der Waals surface area contributed by atoms with Gasteiger partial charge in [0.05, 0.1) is 18.4 Å². The number of nitrogens with one attached hydrogen (secondary N) is 1. The van der Waals surface area contributed by atoms with Crippen LogP contribution in [0.2, 0.25) is 0 Å². The number of rotatable bonds is 7. The molecule has 0 unspecified atom stereocenters. The molecule has 1 amide bonds. The molecule has 1 N–H and O–H groups in total. The highest BCUT2D eigenvalue weighted by atomic mass is 16.2. The van der Waals surface area contributed by atoms with E-state index in [2.05, 4.69) is 31.2 Å². The van der Waals surface area contributed by atoms with E-state index in [1.165, 1.54) is 0 Å². The monoisotopic (exact) mass is 368 g/mol. The Morgan fingerprint density at radius 3 is 2.44 bits per heavy atom. The van der Waals surface area contributed by atoms with Crippen LogP contribution >= 0.6 is 0 Å². The number of pyridine rings is 1. The molecule has 1 saturated heterocycles. The number of carbonyl (C=O) groups excluding carboxylic acids is 1. The van der Waals surface area contributed by atoms with Crippen LogP contribution in [0.5, 0.6) is 0 Å². The van der Waals surface area contributed by atoms with Crippen molar-refractivity contribution in [1.82, 2.24) is 24.8 Å². The van der Waals surface area contributed by atoms with E-state index in [0.717, 1.165) is 50.4 Å². The number of hydrogen-bond acceptors (Lipinski definition) is 6. The molecule has 0 bridgehead atoms. The second-order valence-electron chi connectivity index (χ2n) is 6.79. The summed E-state index contributed by atoms with van der Waals surface area (Å²) < 4.78 is 0. The van der Waals surface area contributed by atoms with Crippen molar-refractivity contribution in [2.24, 2.45) is 0 Å². The average Bonchev–Trinajstić information content (AvgIpc) is 2.71. The predicted octanol–water partition coefficient (Wildman–Crippen LogP) is 2.66. The summed E-state index contributed by atoms with van der Waals surface area (Å²) in [5.74, 6) is 1.25. The van der Waals surface area contributed by atoms with Crippen LogP contribution in [0.15, 0.2) is 36.8 Å². The molecule has 144 valence electrons. The second kappa shape index (κ2) is 9.41. The highest BCUT2D eigenvalue weighted by Crippen LogP contribution is 2.27. The fourth-order valence-corrected chi connectivity index (χ4v) is 3.47. The summed E-state index contributed by atoms with van der Waals surface area (Å²) >= 11 is 0. The minimum Gasteiger partial charge on any atom is -0.342 e. The second-order valence-corrected chi connectivity index (χ2v) is 6.79. The average molecular weight is 368 g/mol. The van der Waals surface area contributed by atoms with E-state index in [-0.39, 0.29) is 5.91 Å². The summed E-state index contributed by atoms with van der Waals surface area (Å²) in [4.78, 5) is 29.4. The Morgan fingerprint density at radius 1 is 1.15 bits per heavy atom. The normalized spacial score (nSPS) is 15.5. The topological polar surface area (TPSA) is 74.2 Å². The molecule has 1 aliphatic heterocycles. The highest BCUT2D eigenvalue weighted by Gasteiger charge is 2.24. The molecule has 0 radical (unpaired) electrons. The molecule has 0 spiro atoms. The zero-order valence-electron chi connectivity index (χ0n) is 16.1. The number of amides is 1. The van der Waals surface area contributed by atoms with Crippen LogP contribution in [0.1, 0.15) is 38.3 Å². The SMILES string of the molecule is CCN(CC)C(=O)CN1CCC(c2ccc(Nc3ncccn3)cn2)CC1. The molecule has 0 saturated carbocycles. The van der Waals surface area contributed by atoms with Gasteiger partial charge in [-0.15, -0.1) is 0 Å². The lowest BCUT2D eigenvalue weighted by Gasteiger charge is -2.32. The third-order valence-corrected chi connectivity index (χ3v) is 5.09. The summed E-state index contributed by atoms with van der Waals surface area (Å²) in [5, 5.41) is 3.15. The van der Waals surface area contributed by atoms with Gasteiger partial charge >= 0.3 is 0 Å². The van der Waals surface area contributed by atoms with Gasteiger partial charge in [-0.25, -0.2) is 9.97 Å². The molecule has 0 atom stereocenters. The van der Waals surface area contributed by atoms with E-state index in [1.54, 1.807) is 18.5 Å².